The maximum Gasteiger partial charge on any atom is 0.152 e. The Morgan fingerprint density at radius 1 is 1.62 bits per heavy atom. The first-order chi connectivity index (χ1) is 7.90. The minimum absolute atomic E-state index is 0.334. The topological polar surface area (TPSA) is 52.0 Å². The minimum Gasteiger partial charge on any atom is -0.369 e. The van der Waals surface area contributed by atoms with E-state index in [9.17, 15) is 0 Å². The van der Waals surface area contributed by atoms with Crippen LogP contribution in [0.3, 0.4) is 0 Å². The third-order valence-corrected chi connectivity index (χ3v) is 2.83. The Bertz CT molecular complexity index is 307. The van der Waals surface area contributed by atoms with Gasteiger partial charge in [0.25, 0.3) is 0 Å². The van der Waals surface area contributed by atoms with E-state index in [2.05, 4.69) is 22.3 Å². The van der Waals surface area contributed by atoms with E-state index in [4.69, 9.17) is 4.74 Å². The predicted octanol–water partition coefficient (Wildman–Crippen LogP) is 0.957. The molecule has 5 heteroatoms. The van der Waals surface area contributed by atoms with Crippen LogP contribution in [-0.4, -0.2) is 34.0 Å². The van der Waals surface area contributed by atoms with Crippen molar-refractivity contribution in [1.29, 1.82) is 0 Å². The van der Waals surface area contributed by atoms with Crippen molar-refractivity contribution < 1.29 is 4.74 Å². The number of hydrogen-bond acceptors (Lipinski definition) is 4. The van der Waals surface area contributed by atoms with Gasteiger partial charge >= 0.3 is 0 Å². The maximum absolute atomic E-state index is 5.83. The van der Waals surface area contributed by atoms with Crippen LogP contribution in [0.25, 0.3) is 0 Å². The van der Waals surface area contributed by atoms with Crippen molar-refractivity contribution in [3.63, 3.8) is 0 Å². The molecule has 0 unspecified atom stereocenters. The molecule has 0 bridgehead atoms. The number of nitrogens with one attached hydrogen (secondary N) is 1. The van der Waals surface area contributed by atoms with Crippen molar-refractivity contribution in [2.45, 2.75) is 45.4 Å². The summed E-state index contributed by atoms with van der Waals surface area (Å²) in [5, 5.41) is 7.52. The number of hydrogen-bond donors (Lipinski definition) is 1. The van der Waals surface area contributed by atoms with Crippen LogP contribution in [0.1, 0.15) is 32.0 Å². The van der Waals surface area contributed by atoms with Gasteiger partial charge in [0.15, 0.2) is 5.82 Å². The summed E-state index contributed by atoms with van der Waals surface area (Å²) in [7, 11) is 0. The summed E-state index contributed by atoms with van der Waals surface area (Å²) in [6.07, 6.45) is 5.36. The normalized spacial score (nSPS) is 21.2. The van der Waals surface area contributed by atoms with E-state index in [-0.39, 0.29) is 0 Å². The lowest BCUT2D eigenvalue weighted by atomic mass is 10.1. The number of piperidine rings is 1. The molecule has 1 N–H and O–H groups in total. The van der Waals surface area contributed by atoms with Gasteiger partial charge in [0.1, 0.15) is 12.9 Å². The number of aryl methyl sites for hydroxylation is 1. The molecule has 0 amide bonds. The second kappa shape index (κ2) is 5.96. The highest BCUT2D eigenvalue weighted by atomic mass is 16.5. The zero-order valence-corrected chi connectivity index (χ0v) is 9.85. The second-order valence-electron chi connectivity index (χ2n) is 4.18. The molecule has 16 heavy (non-hydrogen) atoms. The van der Waals surface area contributed by atoms with Crippen molar-refractivity contribution in [1.82, 2.24) is 20.1 Å². The first kappa shape index (κ1) is 11.5. The lowest BCUT2D eigenvalue weighted by Crippen LogP contribution is -2.35. The van der Waals surface area contributed by atoms with Crippen LogP contribution in [0, 0.1) is 0 Å². The van der Waals surface area contributed by atoms with Crippen LogP contribution >= 0.6 is 0 Å². The molecule has 1 aromatic heterocycles. The highest BCUT2D eigenvalue weighted by molar-refractivity contribution is 4.82. The Labute approximate surface area is 96.2 Å². The van der Waals surface area contributed by atoms with E-state index in [0.717, 1.165) is 38.3 Å². The number of rotatable bonds is 5. The molecule has 90 valence electrons. The van der Waals surface area contributed by atoms with E-state index in [1.807, 2.05) is 4.68 Å². The Hall–Kier alpha value is -0.940. The smallest absolute Gasteiger partial charge is 0.152 e. The van der Waals surface area contributed by atoms with Crippen LogP contribution < -0.4 is 5.32 Å². The van der Waals surface area contributed by atoms with E-state index in [1.165, 1.54) is 6.42 Å². The Morgan fingerprint density at radius 3 is 3.31 bits per heavy atom. The summed E-state index contributed by atoms with van der Waals surface area (Å²) < 4.78 is 7.76. The number of ether oxygens (including phenoxy) is 1. The van der Waals surface area contributed by atoms with E-state index < -0.39 is 0 Å². The third-order valence-electron chi connectivity index (χ3n) is 2.83. The van der Waals surface area contributed by atoms with Gasteiger partial charge < -0.3 is 10.1 Å². The Kier molecular flexibility index (Phi) is 4.30. The molecule has 1 fully saturated rings. The summed E-state index contributed by atoms with van der Waals surface area (Å²) >= 11 is 0. The van der Waals surface area contributed by atoms with E-state index in [0.29, 0.717) is 12.7 Å². The summed E-state index contributed by atoms with van der Waals surface area (Å²) in [6.45, 7) is 5.71. The lowest BCUT2D eigenvalue weighted by Gasteiger charge is -2.22. The van der Waals surface area contributed by atoms with E-state index >= 15 is 0 Å². The van der Waals surface area contributed by atoms with Crippen molar-refractivity contribution in [2.24, 2.45) is 0 Å². The largest absolute Gasteiger partial charge is 0.369 e. The molecule has 1 saturated heterocycles. The zero-order chi connectivity index (χ0) is 11.2. The van der Waals surface area contributed by atoms with Crippen LogP contribution in [-0.2, 0) is 17.9 Å². The quantitative estimate of drug-likeness (QED) is 0.809. The fraction of sp³-hybridized carbons (Fsp3) is 0.818. The zero-order valence-electron chi connectivity index (χ0n) is 9.85. The van der Waals surface area contributed by atoms with Crippen LogP contribution in [0.4, 0.5) is 0 Å². The molecule has 5 nitrogen and oxygen atoms in total. The van der Waals surface area contributed by atoms with Gasteiger partial charge in [-0.05, 0) is 25.8 Å². The minimum atomic E-state index is 0.334. The van der Waals surface area contributed by atoms with Gasteiger partial charge in [-0.2, -0.15) is 5.10 Å². The summed E-state index contributed by atoms with van der Waals surface area (Å²) in [5.41, 5.74) is 0. The molecular weight excluding hydrogens is 204 g/mol. The van der Waals surface area contributed by atoms with Gasteiger partial charge in [-0.25, -0.2) is 9.67 Å². The van der Waals surface area contributed by atoms with Gasteiger partial charge in [-0.3, -0.25) is 0 Å². The highest BCUT2D eigenvalue weighted by Crippen LogP contribution is 2.08. The average molecular weight is 224 g/mol. The van der Waals surface area contributed by atoms with Crippen LogP contribution in [0.5, 0.6) is 0 Å². The lowest BCUT2D eigenvalue weighted by molar-refractivity contribution is 0.0200. The second-order valence-corrected chi connectivity index (χ2v) is 4.18. The summed E-state index contributed by atoms with van der Waals surface area (Å²) in [4.78, 5) is 4.23. The van der Waals surface area contributed by atoms with Crippen molar-refractivity contribution in [3.05, 3.63) is 12.2 Å². The van der Waals surface area contributed by atoms with Crippen molar-refractivity contribution >= 4 is 0 Å². The van der Waals surface area contributed by atoms with Crippen LogP contribution in [0.15, 0.2) is 6.33 Å². The molecule has 1 atom stereocenters. The number of aromatic nitrogens is 3. The Balaban J connectivity index is 1.81. The molecule has 0 radical (unpaired) electrons. The number of nitrogens with zero attached hydrogens (tertiary/aromatic N) is 3. The Morgan fingerprint density at radius 2 is 2.56 bits per heavy atom. The molecule has 2 rings (SSSR count). The van der Waals surface area contributed by atoms with E-state index in [1.54, 1.807) is 6.33 Å². The molecule has 1 aromatic rings. The molecule has 0 aromatic carbocycles. The van der Waals surface area contributed by atoms with Gasteiger partial charge in [0.2, 0.25) is 0 Å². The van der Waals surface area contributed by atoms with Crippen LogP contribution in [0.2, 0.25) is 0 Å². The van der Waals surface area contributed by atoms with Gasteiger partial charge in [-0.1, -0.05) is 6.92 Å². The highest BCUT2D eigenvalue weighted by Gasteiger charge is 2.14. The van der Waals surface area contributed by atoms with Gasteiger partial charge in [0.05, 0.1) is 6.10 Å². The molecule has 0 aliphatic carbocycles. The maximum atomic E-state index is 5.83. The summed E-state index contributed by atoms with van der Waals surface area (Å²) in [5.74, 6) is 0.937. The van der Waals surface area contributed by atoms with Gasteiger partial charge in [0, 0.05) is 13.1 Å². The molecule has 1 aliphatic heterocycles. The molecule has 0 saturated carbocycles. The SMILES string of the molecule is CCCn1ncnc1CO[C@H]1CCCNC1. The van der Waals surface area contributed by atoms with Crippen molar-refractivity contribution in [3.8, 4) is 0 Å². The van der Waals surface area contributed by atoms with Crippen molar-refractivity contribution in [2.75, 3.05) is 13.1 Å². The standard InChI is InChI=1S/C11H20N4O/c1-2-6-15-11(13-9-14-15)8-16-10-4-3-5-12-7-10/h9-10,12H,2-8H2,1H3/t10-/m0/s1. The average Bonchev–Trinajstić information content (AvgIpc) is 2.76. The molecule has 2 heterocycles. The fourth-order valence-corrected chi connectivity index (χ4v) is 1.95. The first-order valence-electron chi connectivity index (χ1n) is 6.09. The third kappa shape index (κ3) is 3.02. The molecular formula is C11H20N4O. The summed E-state index contributed by atoms with van der Waals surface area (Å²) in [6, 6.07) is 0. The molecule has 1 aliphatic rings. The monoisotopic (exact) mass is 224 g/mol. The molecule has 0 spiro atoms. The first-order valence-corrected chi connectivity index (χ1v) is 6.09. The fourth-order valence-electron chi connectivity index (χ4n) is 1.95. The predicted molar refractivity (Wildman–Crippen MR) is 61.0 cm³/mol. The van der Waals surface area contributed by atoms with Gasteiger partial charge in [-0.15, -0.1) is 0 Å².